The lowest BCUT2D eigenvalue weighted by Crippen LogP contribution is -2.27. The van der Waals surface area contributed by atoms with E-state index in [9.17, 15) is 23.3 Å². The van der Waals surface area contributed by atoms with Gasteiger partial charge in [-0.2, -0.15) is 13.7 Å². The van der Waals surface area contributed by atoms with Gasteiger partial charge in [-0.05, 0) is 43.2 Å². The molecule has 2 heterocycles. The molecule has 0 unspecified atom stereocenters. The van der Waals surface area contributed by atoms with Gasteiger partial charge in [-0.3, -0.25) is 14.1 Å². The predicted octanol–water partition coefficient (Wildman–Crippen LogP) is 4.06. The molecule has 0 aliphatic rings. The third kappa shape index (κ3) is 8.80. The number of para-hydroxylation sites is 1. The first-order valence-electron chi connectivity index (χ1n) is 11.8. The molecule has 0 saturated carbocycles. The number of benzene rings is 2. The lowest BCUT2D eigenvalue weighted by atomic mass is 10.1. The van der Waals surface area contributed by atoms with E-state index in [1.165, 1.54) is 23.7 Å². The fourth-order valence-electron chi connectivity index (χ4n) is 3.28. The number of aromatic nitrogens is 3. The van der Waals surface area contributed by atoms with Crippen LogP contribution in [0.25, 0.3) is 10.2 Å². The molecule has 2 aromatic carbocycles. The lowest BCUT2D eigenvalue weighted by Gasteiger charge is -2.14. The van der Waals surface area contributed by atoms with Gasteiger partial charge in [0.05, 0.1) is 22.0 Å². The molecular formula is C26H26N6O6S2. The van der Waals surface area contributed by atoms with E-state index in [1.54, 1.807) is 18.2 Å². The number of aryl methyl sites for hydroxylation is 1. The second-order valence-electron chi connectivity index (χ2n) is 8.39. The summed E-state index contributed by atoms with van der Waals surface area (Å²) in [5, 5.41) is 12.8. The average molecular weight is 583 g/mol. The molecule has 0 bridgehead atoms. The van der Waals surface area contributed by atoms with Crippen molar-refractivity contribution in [1.82, 2.24) is 19.9 Å². The molecule has 4 rings (SSSR count). The summed E-state index contributed by atoms with van der Waals surface area (Å²) < 4.78 is 32.6. The van der Waals surface area contributed by atoms with Crippen LogP contribution in [0.5, 0.6) is 6.01 Å². The Hall–Kier alpha value is -4.45. The first-order valence-corrected chi connectivity index (χ1v) is 14.5. The highest BCUT2D eigenvalue weighted by atomic mass is 32.2. The molecule has 0 spiro atoms. The molecule has 208 valence electrons. The highest BCUT2D eigenvalue weighted by molar-refractivity contribution is 7.85. The Morgan fingerprint density at radius 2 is 1.82 bits per heavy atom. The van der Waals surface area contributed by atoms with Gasteiger partial charge in [-0.25, -0.2) is 19.9 Å². The number of amides is 2. The van der Waals surface area contributed by atoms with E-state index in [0.29, 0.717) is 30.5 Å². The third-order valence-electron chi connectivity index (χ3n) is 5.10. The van der Waals surface area contributed by atoms with Gasteiger partial charge in [-0.1, -0.05) is 25.1 Å². The van der Waals surface area contributed by atoms with Gasteiger partial charge in [0.15, 0.2) is 6.19 Å². The number of thiazole rings is 1. The SMILES string of the molecule is CCCN(C#N)C(=O)c1ccc(C)c(NC(=O)c2cnc(OCc3nc4ccccc4s3)nc2)c1.CS(=O)(=O)O. The van der Waals surface area contributed by atoms with Crippen LogP contribution < -0.4 is 10.1 Å². The van der Waals surface area contributed by atoms with Crippen LogP contribution in [0.15, 0.2) is 54.9 Å². The Balaban J connectivity index is 0.000000810. The molecule has 0 aliphatic carbocycles. The van der Waals surface area contributed by atoms with E-state index in [1.807, 2.05) is 44.3 Å². The second kappa shape index (κ2) is 13.6. The zero-order chi connectivity index (χ0) is 29.3. The van der Waals surface area contributed by atoms with Crippen LogP contribution in [0, 0.1) is 18.4 Å². The summed E-state index contributed by atoms with van der Waals surface area (Å²) in [6.45, 7) is 4.25. The number of nitrogens with one attached hydrogen (secondary N) is 1. The number of anilines is 1. The van der Waals surface area contributed by atoms with Crippen LogP contribution in [0.1, 0.15) is 44.6 Å². The number of carbonyl (C=O) groups excluding carboxylic acids is 2. The standard InChI is InChI=1S/C25H22N6O3S.CH4O3S/c1-3-10-31(15-26)24(33)17-9-8-16(2)20(11-17)30-23(32)18-12-27-25(28-13-18)34-14-22-29-19-6-4-5-7-21(19)35-22;1-5(2,3)4/h4-9,11-13H,3,10,14H2,1-2H3,(H,30,32);1H3,(H,2,3,4). The van der Waals surface area contributed by atoms with Gasteiger partial charge < -0.3 is 10.1 Å². The van der Waals surface area contributed by atoms with E-state index in [2.05, 4.69) is 20.3 Å². The number of fused-ring (bicyclic) bond motifs is 1. The Bertz CT molecular complexity index is 1610. The van der Waals surface area contributed by atoms with Crippen molar-refractivity contribution in [2.45, 2.75) is 26.9 Å². The Morgan fingerprint density at radius 3 is 2.45 bits per heavy atom. The van der Waals surface area contributed by atoms with Gasteiger partial charge in [0, 0.05) is 30.2 Å². The van der Waals surface area contributed by atoms with Crippen LogP contribution in [0.3, 0.4) is 0 Å². The van der Waals surface area contributed by atoms with Gasteiger partial charge in [0.1, 0.15) is 11.6 Å². The summed E-state index contributed by atoms with van der Waals surface area (Å²) in [5.74, 6) is -0.844. The number of nitrogens with zero attached hydrogens (tertiary/aromatic N) is 5. The third-order valence-corrected chi connectivity index (χ3v) is 6.11. The summed E-state index contributed by atoms with van der Waals surface area (Å²) in [6.07, 6.45) is 6.02. The quantitative estimate of drug-likeness (QED) is 0.175. The minimum Gasteiger partial charge on any atom is -0.456 e. The summed E-state index contributed by atoms with van der Waals surface area (Å²) >= 11 is 1.54. The van der Waals surface area contributed by atoms with Crippen molar-refractivity contribution in [3.8, 4) is 12.2 Å². The fourth-order valence-corrected chi connectivity index (χ4v) is 4.16. The van der Waals surface area contributed by atoms with Crippen molar-refractivity contribution < 1.29 is 27.3 Å². The maximum Gasteiger partial charge on any atom is 0.316 e. The number of hydrogen-bond acceptors (Lipinski definition) is 10. The minimum absolute atomic E-state index is 0.136. The van der Waals surface area contributed by atoms with Crippen LogP contribution in [-0.2, 0) is 16.7 Å². The first kappa shape index (κ1) is 30.1. The maximum absolute atomic E-state index is 12.7. The van der Waals surface area contributed by atoms with E-state index >= 15 is 0 Å². The van der Waals surface area contributed by atoms with Crippen molar-refractivity contribution in [3.63, 3.8) is 0 Å². The Morgan fingerprint density at radius 1 is 1.15 bits per heavy atom. The monoisotopic (exact) mass is 582 g/mol. The molecule has 0 saturated heterocycles. The highest BCUT2D eigenvalue weighted by Crippen LogP contribution is 2.23. The molecule has 14 heteroatoms. The van der Waals surface area contributed by atoms with Crippen LogP contribution in [-0.4, -0.2) is 57.4 Å². The number of carbonyl (C=O) groups is 2. The second-order valence-corrected chi connectivity index (χ2v) is 11.0. The predicted molar refractivity (Wildman–Crippen MR) is 150 cm³/mol. The normalized spacial score (nSPS) is 10.7. The van der Waals surface area contributed by atoms with E-state index in [-0.39, 0.29) is 18.2 Å². The zero-order valence-electron chi connectivity index (χ0n) is 21.9. The average Bonchev–Trinajstić information content (AvgIpc) is 3.34. The van der Waals surface area contributed by atoms with Gasteiger partial charge in [0.25, 0.3) is 21.9 Å². The summed E-state index contributed by atoms with van der Waals surface area (Å²) in [5.41, 5.74) is 2.70. The smallest absolute Gasteiger partial charge is 0.316 e. The number of hydrogen-bond donors (Lipinski definition) is 2. The zero-order valence-corrected chi connectivity index (χ0v) is 23.5. The van der Waals surface area contributed by atoms with Crippen molar-refractivity contribution in [2.24, 2.45) is 0 Å². The first-order chi connectivity index (χ1) is 19.0. The minimum atomic E-state index is -3.67. The lowest BCUT2D eigenvalue weighted by molar-refractivity contribution is 0.0831. The van der Waals surface area contributed by atoms with Gasteiger partial charge in [-0.15, -0.1) is 11.3 Å². The van der Waals surface area contributed by atoms with Gasteiger partial charge >= 0.3 is 6.01 Å². The molecule has 40 heavy (non-hydrogen) atoms. The van der Waals surface area contributed by atoms with E-state index in [0.717, 1.165) is 25.7 Å². The summed E-state index contributed by atoms with van der Waals surface area (Å²) in [7, 11) is -3.67. The maximum atomic E-state index is 12.7. The molecule has 0 atom stereocenters. The number of nitriles is 1. The summed E-state index contributed by atoms with van der Waals surface area (Å²) in [6, 6.07) is 12.9. The van der Waals surface area contributed by atoms with Crippen molar-refractivity contribution >= 4 is 49.2 Å². The van der Waals surface area contributed by atoms with Gasteiger partial charge in [0.2, 0.25) is 0 Å². The molecule has 4 aromatic rings. The topological polar surface area (TPSA) is 175 Å². The van der Waals surface area contributed by atoms with Crippen LogP contribution in [0.2, 0.25) is 0 Å². The molecule has 0 radical (unpaired) electrons. The van der Waals surface area contributed by atoms with E-state index < -0.39 is 21.9 Å². The summed E-state index contributed by atoms with van der Waals surface area (Å²) in [4.78, 5) is 39.2. The molecule has 2 amide bonds. The molecule has 0 fully saturated rings. The van der Waals surface area contributed by atoms with Crippen LogP contribution in [0.4, 0.5) is 5.69 Å². The van der Waals surface area contributed by atoms with Crippen molar-refractivity contribution in [2.75, 3.05) is 18.1 Å². The largest absolute Gasteiger partial charge is 0.456 e. The number of ether oxygens (including phenoxy) is 1. The molecular weight excluding hydrogens is 556 g/mol. The van der Waals surface area contributed by atoms with Crippen molar-refractivity contribution in [3.05, 3.63) is 76.6 Å². The number of rotatable bonds is 8. The molecule has 12 nitrogen and oxygen atoms in total. The highest BCUT2D eigenvalue weighted by Gasteiger charge is 2.17. The Kier molecular flexibility index (Phi) is 10.2. The van der Waals surface area contributed by atoms with E-state index in [4.69, 9.17) is 9.29 Å². The van der Waals surface area contributed by atoms with Crippen molar-refractivity contribution in [1.29, 1.82) is 5.26 Å². The fraction of sp³-hybridized carbons (Fsp3) is 0.231. The Labute approximate surface area is 235 Å². The molecule has 2 N–H and O–H groups in total. The molecule has 0 aliphatic heterocycles. The van der Waals surface area contributed by atoms with Crippen LogP contribution >= 0.6 is 11.3 Å². The molecule has 2 aromatic heterocycles.